The summed E-state index contributed by atoms with van der Waals surface area (Å²) in [5.74, 6) is 0. The first kappa shape index (κ1) is 29.5. The molecule has 2 rings (SSSR count). The van der Waals surface area contributed by atoms with Gasteiger partial charge >= 0.3 is 7.54 Å². The van der Waals surface area contributed by atoms with Gasteiger partial charge in [-0.3, -0.25) is 12.9 Å². The Labute approximate surface area is 142 Å². The predicted octanol–water partition coefficient (Wildman–Crippen LogP) is 4.15. The number of rotatable bonds is 2. The second kappa shape index (κ2) is 16.9. The lowest BCUT2D eigenvalue weighted by Gasteiger charge is -2.14. The molecule has 2 heterocycles. The van der Waals surface area contributed by atoms with Gasteiger partial charge in [0.05, 0.1) is 13.3 Å². The average Bonchev–Trinajstić information content (AvgIpc) is 2.97. The molecule has 0 spiro atoms. The molecule has 0 atom stereocenters. The Kier molecular flexibility index (Phi) is 21.7. The van der Waals surface area contributed by atoms with Gasteiger partial charge in [0.15, 0.2) is 0 Å². The van der Waals surface area contributed by atoms with Crippen LogP contribution in [0.15, 0.2) is 24.8 Å². The Hall–Kier alpha value is -1.47. The standard InChI is InChI=1S/2C6H12N2.3CH4.BF3/c2*1-3-8-5-4-7(2)6-8;;;;2-1(3)4/h2*4-5H,3,6H2,1-2H3;3*1H4;. The third-order valence-electron chi connectivity index (χ3n) is 2.69. The summed E-state index contributed by atoms with van der Waals surface area (Å²) in [7, 11) is 0.484. The molecule has 8 heteroatoms. The largest absolute Gasteiger partial charge is 0.762 e. The molecular weight excluding hydrogens is 304 g/mol. The molecule has 0 aliphatic carbocycles. The minimum atomic E-state index is -3.67. The summed E-state index contributed by atoms with van der Waals surface area (Å²) in [5.41, 5.74) is 0. The van der Waals surface area contributed by atoms with Crippen molar-refractivity contribution in [3.05, 3.63) is 24.8 Å². The van der Waals surface area contributed by atoms with Gasteiger partial charge in [-0.05, 0) is 13.8 Å². The van der Waals surface area contributed by atoms with Crippen molar-refractivity contribution < 1.29 is 12.9 Å². The van der Waals surface area contributed by atoms with E-state index in [4.69, 9.17) is 0 Å². The highest BCUT2D eigenvalue weighted by atomic mass is 19.4. The Bertz CT molecular complexity index is 276. The van der Waals surface area contributed by atoms with E-state index < -0.39 is 7.54 Å². The summed E-state index contributed by atoms with van der Waals surface area (Å²) in [6.07, 6.45) is 8.40. The molecular formula is C15H36BF3N4. The summed E-state index contributed by atoms with van der Waals surface area (Å²) in [4.78, 5) is 8.81. The van der Waals surface area contributed by atoms with Crippen molar-refractivity contribution in [3.8, 4) is 0 Å². The van der Waals surface area contributed by atoms with Gasteiger partial charge in [-0.2, -0.15) is 0 Å². The van der Waals surface area contributed by atoms with Crippen molar-refractivity contribution in [1.82, 2.24) is 19.6 Å². The van der Waals surface area contributed by atoms with Crippen molar-refractivity contribution in [1.29, 1.82) is 0 Å². The van der Waals surface area contributed by atoms with Crippen molar-refractivity contribution in [2.24, 2.45) is 0 Å². The molecule has 4 nitrogen and oxygen atoms in total. The first-order valence-electron chi connectivity index (χ1n) is 6.56. The minimum Gasteiger partial charge on any atom is -0.362 e. The molecule has 0 unspecified atom stereocenters. The van der Waals surface area contributed by atoms with Crippen LogP contribution in [0.5, 0.6) is 0 Å². The van der Waals surface area contributed by atoms with Crippen molar-refractivity contribution >= 4 is 7.54 Å². The molecule has 0 aromatic heterocycles. The molecule has 0 radical (unpaired) electrons. The third-order valence-corrected chi connectivity index (χ3v) is 2.69. The zero-order valence-electron chi connectivity index (χ0n) is 12.6. The minimum absolute atomic E-state index is 0. The summed E-state index contributed by atoms with van der Waals surface area (Å²) in [6, 6.07) is 0. The lowest BCUT2D eigenvalue weighted by molar-refractivity contribution is 0.308. The van der Waals surface area contributed by atoms with Crippen LogP contribution in [0.25, 0.3) is 0 Å². The molecule has 0 aromatic rings. The molecule has 2 aliphatic rings. The SMILES string of the molecule is C.C.C.CCN1C=CN(C)C1.CCN1C=CN(C)C1.FB(F)F. The van der Waals surface area contributed by atoms with Gasteiger partial charge in [-0.15, -0.1) is 0 Å². The monoisotopic (exact) mass is 340 g/mol. The zero-order chi connectivity index (χ0) is 15.5. The van der Waals surface area contributed by atoms with E-state index in [1.807, 2.05) is 0 Å². The fraction of sp³-hybridized carbons (Fsp3) is 0.733. The van der Waals surface area contributed by atoms with Gasteiger partial charge in [-0.1, -0.05) is 22.3 Å². The van der Waals surface area contributed by atoms with E-state index in [1.54, 1.807) is 0 Å². The third kappa shape index (κ3) is 16.7. The Morgan fingerprint density at radius 3 is 1.09 bits per heavy atom. The van der Waals surface area contributed by atoms with Crippen LogP contribution < -0.4 is 0 Å². The van der Waals surface area contributed by atoms with E-state index in [2.05, 4.69) is 72.3 Å². The number of hydrogen-bond acceptors (Lipinski definition) is 4. The van der Waals surface area contributed by atoms with Crippen LogP contribution in [0.2, 0.25) is 0 Å². The molecule has 0 N–H and O–H groups in total. The van der Waals surface area contributed by atoms with Crippen molar-refractivity contribution in [2.45, 2.75) is 36.1 Å². The van der Waals surface area contributed by atoms with E-state index in [9.17, 15) is 12.9 Å². The first-order valence-corrected chi connectivity index (χ1v) is 6.56. The van der Waals surface area contributed by atoms with Gasteiger partial charge in [0.2, 0.25) is 0 Å². The van der Waals surface area contributed by atoms with Crippen LogP contribution in [0.3, 0.4) is 0 Å². The molecule has 2 aliphatic heterocycles. The lowest BCUT2D eigenvalue weighted by atomic mass is 10.5. The highest BCUT2D eigenvalue weighted by Gasteiger charge is 2.06. The first-order chi connectivity index (χ1) is 9.38. The van der Waals surface area contributed by atoms with Crippen LogP contribution in [-0.2, 0) is 0 Å². The summed E-state index contributed by atoms with van der Waals surface area (Å²) >= 11 is 0. The number of nitrogens with zero attached hydrogens (tertiary/aromatic N) is 4. The molecule has 0 saturated heterocycles. The van der Waals surface area contributed by atoms with Gasteiger partial charge < -0.3 is 19.6 Å². The second-order valence-electron chi connectivity index (χ2n) is 4.45. The highest BCUT2D eigenvalue weighted by Crippen LogP contribution is 2.01. The smallest absolute Gasteiger partial charge is 0.362 e. The molecule has 0 bridgehead atoms. The van der Waals surface area contributed by atoms with Gasteiger partial charge in [0.25, 0.3) is 0 Å². The van der Waals surface area contributed by atoms with E-state index >= 15 is 0 Å². The van der Waals surface area contributed by atoms with Crippen molar-refractivity contribution in [3.63, 3.8) is 0 Å². The van der Waals surface area contributed by atoms with Crippen molar-refractivity contribution in [2.75, 3.05) is 40.5 Å². The average molecular weight is 340 g/mol. The summed E-state index contributed by atoms with van der Waals surface area (Å²) in [5, 5.41) is 0. The van der Waals surface area contributed by atoms with Crippen LogP contribution in [0, 0.1) is 0 Å². The fourth-order valence-corrected chi connectivity index (χ4v) is 1.59. The van der Waals surface area contributed by atoms with E-state index in [0.29, 0.717) is 0 Å². The highest BCUT2D eigenvalue weighted by molar-refractivity contribution is 6.33. The van der Waals surface area contributed by atoms with Gasteiger partial charge in [0.1, 0.15) is 0 Å². The normalized spacial score (nSPS) is 13.9. The maximum atomic E-state index is 9.67. The number of halogens is 3. The Morgan fingerprint density at radius 1 is 0.739 bits per heavy atom. The van der Waals surface area contributed by atoms with Gasteiger partial charge in [0, 0.05) is 52.0 Å². The summed E-state index contributed by atoms with van der Waals surface area (Å²) in [6.45, 7) is 8.64. The molecule has 0 saturated carbocycles. The van der Waals surface area contributed by atoms with E-state index in [-0.39, 0.29) is 22.3 Å². The van der Waals surface area contributed by atoms with Crippen LogP contribution in [-0.4, -0.2) is 67.7 Å². The Balaban J connectivity index is -0.000000116. The van der Waals surface area contributed by atoms with Gasteiger partial charge in [-0.25, -0.2) is 0 Å². The molecule has 23 heavy (non-hydrogen) atoms. The molecule has 0 fully saturated rings. The zero-order valence-corrected chi connectivity index (χ0v) is 12.6. The molecule has 140 valence electrons. The van der Waals surface area contributed by atoms with E-state index in [1.165, 1.54) is 0 Å². The lowest BCUT2D eigenvalue weighted by Crippen LogP contribution is -2.21. The Morgan fingerprint density at radius 2 is 1.00 bits per heavy atom. The maximum Gasteiger partial charge on any atom is 0.762 e. The van der Waals surface area contributed by atoms with Crippen LogP contribution in [0.4, 0.5) is 12.9 Å². The maximum absolute atomic E-state index is 9.67. The summed E-state index contributed by atoms with van der Waals surface area (Å²) < 4.78 is 29.0. The topological polar surface area (TPSA) is 13.0 Å². The fourth-order valence-electron chi connectivity index (χ4n) is 1.59. The van der Waals surface area contributed by atoms with Crippen LogP contribution in [0.1, 0.15) is 36.1 Å². The predicted molar refractivity (Wildman–Crippen MR) is 97.6 cm³/mol. The quantitative estimate of drug-likeness (QED) is 0.700. The van der Waals surface area contributed by atoms with E-state index in [0.717, 1.165) is 26.4 Å². The van der Waals surface area contributed by atoms with Crippen LogP contribution >= 0.6 is 0 Å². The second-order valence-corrected chi connectivity index (χ2v) is 4.45. The molecule has 0 aromatic carbocycles. The molecule has 0 amide bonds. The number of hydrogen-bond donors (Lipinski definition) is 0.